The van der Waals surface area contributed by atoms with Crippen LogP contribution in [0.15, 0.2) is 56.5 Å². The number of piperidine rings is 1. The second kappa shape index (κ2) is 6.70. The van der Waals surface area contributed by atoms with Crippen molar-refractivity contribution in [2.75, 3.05) is 6.54 Å². The van der Waals surface area contributed by atoms with Gasteiger partial charge in [0.05, 0.1) is 4.90 Å². The lowest BCUT2D eigenvalue weighted by Crippen LogP contribution is -2.38. The van der Waals surface area contributed by atoms with E-state index < -0.39 is 16.1 Å². The number of aromatic nitrogens is 2. The third-order valence-electron chi connectivity index (χ3n) is 4.30. The molecule has 1 unspecified atom stereocenters. The molecule has 1 saturated heterocycles. The van der Waals surface area contributed by atoms with Crippen molar-refractivity contribution in [3.63, 3.8) is 0 Å². The molecule has 6 nitrogen and oxygen atoms in total. The van der Waals surface area contributed by atoms with Crippen LogP contribution in [0.5, 0.6) is 0 Å². The zero-order chi connectivity index (χ0) is 17.3. The fourth-order valence-electron chi connectivity index (χ4n) is 3.04. The second-order valence-corrected chi connectivity index (χ2v) is 8.57. The number of sulfonamides is 1. The van der Waals surface area contributed by atoms with E-state index >= 15 is 0 Å². The van der Waals surface area contributed by atoms with Crippen LogP contribution in [-0.2, 0) is 10.0 Å². The van der Waals surface area contributed by atoms with E-state index in [1.807, 2.05) is 16.8 Å². The molecule has 1 fully saturated rings. The average molecular weight is 375 g/mol. The van der Waals surface area contributed by atoms with E-state index in [0.29, 0.717) is 29.6 Å². The Bertz CT molecular complexity index is 937. The van der Waals surface area contributed by atoms with Gasteiger partial charge in [-0.3, -0.25) is 0 Å². The van der Waals surface area contributed by atoms with Crippen LogP contribution in [0, 0.1) is 0 Å². The molecule has 0 bridgehead atoms. The SMILES string of the molecule is O=S(=O)(c1ccccc1)N1CCCCC1c1nnc(-c2ccsc2)o1. The van der Waals surface area contributed by atoms with Gasteiger partial charge < -0.3 is 4.42 Å². The van der Waals surface area contributed by atoms with Crippen molar-refractivity contribution in [1.82, 2.24) is 14.5 Å². The van der Waals surface area contributed by atoms with Gasteiger partial charge in [-0.2, -0.15) is 15.6 Å². The van der Waals surface area contributed by atoms with Crippen molar-refractivity contribution < 1.29 is 12.8 Å². The van der Waals surface area contributed by atoms with Gasteiger partial charge in [-0.25, -0.2) is 8.42 Å². The third-order valence-corrected chi connectivity index (χ3v) is 6.90. The van der Waals surface area contributed by atoms with Crippen molar-refractivity contribution in [3.8, 4) is 11.5 Å². The van der Waals surface area contributed by atoms with Gasteiger partial charge in [-0.15, -0.1) is 10.2 Å². The minimum Gasteiger partial charge on any atom is -0.419 e. The summed E-state index contributed by atoms with van der Waals surface area (Å²) in [7, 11) is -3.60. The number of rotatable bonds is 4. The molecule has 0 aliphatic carbocycles. The number of nitrogens with zero attached hydrogens (tertiary/aromatic N) is 3. The zero-order valence-corrected chi connectivity index (χ0v) is 15.0. The van der Waals surface area contributed by atoms with Crippen molar-refractivity contribution in [2.24, 2.45) is 0 Å². The Morgan fingerprint density at radius 3 is 2.72 bits per heavy atom. The standard InChI is InChI=1S/C17H17N3O3S2/c21-25(22,14-6-2-1-3-7-14)20-10-5-4-8-15(20)17-19-18-16(23-17)13-9-11-24-12-13/h1-3,6-7,9,11-12,15H,4-5,8,10H2. The lowest BCUT2D eigenvalue weighted by Gasteiger charge is -2.32. The first-order chi connectivity index (χ1) is 12.2. The van der Waals surface area contributed by atoms with Crippen molar-refractivity contribution in [1.29, 1.82) is 0 Å². The highest BCUT2D eigenvalue weighted by Crippen LogP contribution is 2.35. The van der Waals surface area contributed by atoms with E-state index in [1.165, 1.54) is 4.31 Å². The summed E-state index contributed by atoms with van der Waals surface area (Å²) in [6.07, 6.45) is 2.44. The minimum atomic E-state index is -3.60. The molecule has 3 heterocycles. The average Bonchev–Trinajstić information content (AvgIpc) is 3.34. The van der Waals surface area contributed by atoms with Gasteiger partial charge >= 0.3 is 0 Å². The van der Waals surface area contributed by atoms with E-state index in [4.69, 9.17) is 4.42 Å². The van der Waals surface area contributed by atoms with E-state index in [1.54, 1.807) is 41.7 Å². The summed E-state index contributed by atoms with van der Waals surface area (Å²) < 4.78 is 33.4. The van der Waals surface area contributed by atoms with Crippen molar-refractivity contribution >= 4 is 21.4 Å². The van der Waals surface area contributed by atoms with Gasteiger partial charge in [0.1, 0.15) is 6.04 Å². The molecule has 1 atom stereocenters. The Kier molecular flexibility index (Phi) is 4.41. The van der Waals surface area contributed by atoms with Crippen LogP contribution >= 0.6 is 11.3 Å². The Hall–Kier alpha value is -2.03. The molecule has 0 saturated carbocycles. The number of benzene rings is 1. The zero-order valence-electron chi connectivity index (χ0n) is 13.4. The molecule has 0 amide bonds. The second-order valence-electron chi connectivity index (χ2n) is 5.90. The topological polar surface area (TPSA) is 76.3 Å². The Morgan fingerprint density at radius 2 is 1.96 bits per heavy atom. The Balaban J connectivity index is 1.68. The highest BCUT2D eigenvalue weighted by atomic mass is 32.2. The molecule has 0 radical (unpaired) electrons. The van der Waals surface area contributed by atoms with Crippen LogP contribution in [0.4, 0.5) is 0 Å². The first-order valence-electron chi connectivity index (χ1n) is 8.09. The van der Waals surface area contributed by atoms with Gasteiger partial charge in [-0.05, 0) is 36.4 Å². The molecule has 0 N–H and O–H groups in total. The molecule has 130 valence electrons. The molecular weight excluding hydrogens is 358 g/mol. The smallest absolute Gasteiger partial charge is 0.248 e. The lowest BCUT2D eigenvalue weighted by molar-refractivity contribution is 0.220. The third kappa shape index (κ3) is 3.12. The number of thiophene rings is 1. The summed E-state index contributed by atoms with van der Waals surface area (Å²) in [4.78, 5) is 0.291. The van der Waals surface area contributed by atoms with Gasteiger partial charge in [0.25, 0.3) is 0 Å². The summed E-state index contributed by atoms with van der Waals surface area (Å²) in [5.74, 6) is 0.791. The number of hydrogen-bond acceptors (Lipinski definition) is 6. The van der Waals surface area contributed by atoms with E-state index in [2.05, 4.69) is 10.2 Å². The summed E-state index contributed by atoms with van der Waals surface area (Å²) in [5, 5.41) is 12.1. The highest BCUT2D eigenvalue weighted by Gasteiger charge is 2.37. The van der Waals surface area contributed by atoms with Gasteiger partial charge in [0.2, 0.25) is 21.8 Å². The largest absolute Gasteiger partial charge is 0.419 e. The molecule has 1 aliphatic rings. The molecule has 1 aromatic carbocycles. The van der Waals surface area contributed by atoms with E-state index in [-0.39, 0.29) is 0 Å². The predicted molar refractivity (Wildman–Crippen MR) is 94.5 cm³/mol. The molecule has 8 heteroatoms. The predicted octanol–water partition coefficient (Wildman–Crippen LogP) is 3.71. The van der Waals surface area contributed by atoms with Gasteiger partial charge in [0.15, 0.2) is 0 Å². The minimum absolute atomic E-state index is 0.291. The summed E-state index contributed by atoms with van der Waals surface area (Å²) in [6, 6.07) is 9.98. The van der Waals surface area contributed by atoms with Crippen LogP contribution < -0.4 is 0 Å². The van der Waals surface area contributed by atoms with Crippen LogP contribution in [0.1, 0.15) is 31.2 Å². The molecule has 3 aromatic rings. The molecule has 0 spiro atoms. The van der Waals surface area contributed by atoms with Crippen LogP contribution in [-0.4, -0.2) is 29.5 Å². The van der Waals surface area contributed by atoms with E-state index in [0.717, 1.165) is 18.4 Å². The quantitative estimate of drug-likeness (QED) is 0.695. The Morgan fingerprint density at radius 1 is 1.12 bits per heavy atom. The maximum Gasteiger partial charge on any atom is 0.248 e. The monoisotopic (exact) mass is 375 g/mol. The molecule has 25 heavy (non-hydrogen) atoms. The first kappa shape index (κ1) is 16.4. The molecule has 4 rings (SSSR count). The van der Waals surface area contributed by atoms with Crippen molar-refractivity contribution in [3.05, 3.63) is 53.0 Å². The summed E-state index contributed by atoms with van der Waals surface area (Å²) >= 11 is 1.55. The van der Waals surface area contributed by atoms with Crippen LogP contribution in [0.25, 0.3) is 11.5 Å². The maximum atomic E-state index is 13.0. The molecule has 2 aromatic heterocycles. The molecular formula is C17H17N3O3S2. The maximum absolute atomic E-state index is 13.0. The Labute approximate surface area is 150 Å². The lowest BCUT2D eigenvalue weighted by atomic mass is 10.1. The van der Waals surface area contributed by atoms with Gasteiger partial charge in [-0.1, -0.05) is 24.6 Å². The van der Waals surface area contributed by atoms with E-state index in [9.17, 15) is 8.42 Å². The summed E-state index contributed by atoms with van der Waals surface area (Å²) in [6.45, 7) is 0.456. The molecule has 1 aliphatic heterocycles. The fraction of sp³-hybridized carbons (Fsp3) is 0.294. The van der Waals surface area contributed by atoms with Crippen LogP contribution in [0.2, 0.25) is 0 Å². The van der Waals surface area contributed by atoms with Gasteiger partial charge in [0, 0.05) is 17.5 Å². The fourth-order valence-corrected chi connectivity index (χ4v) is 5.34. The highest BCUT2D eigenvalue weighted by molar-refractivity contribution is 7.89. The first-order valence-corrected chi connectivity index (χ1v) is 10.5. The van der Waals surface area contributed by atoms with Crippen LogP contribution in [0.3, 0.4) is 0 Å². The normalized spacial score (nSPS) is 19.1. The van der Waals surface area contributed by atoms with Crippen molar-refractivity contribution in [2.45, 2.75) is 30.2 Å². The number of hydrogen-bond donors (Lipinski definition) is 0. The summed E-state index contributed by atoms with van der Waals surface area (Å²) in [5.41, 5.74) is 0.858.